The number of ketones is 1. The first-order valence-electron chi connectivity index (χ1n) is 8.34. The maximum Gasteiger partial charge on any atom is 0.326 e. The minimum Gasteiger partial charge on any atom is -0.456 e. The summed E-state index contributed by atoms with van der Waals surface area (Å²) in [6.07, 6.45) is 6.74. The van der Waals surface area contributed by atoms with Crippen LogP contribution in [0, 0.1) is 11.8 Å². The molecule has 1 saturated heterocycles. The van der Waals surface area contributed by atoms with Crippen LogP contribution < -0.4 is 0 Å². The third kappa shape index (κ3) is 3.72. The number of fused-ring (bicyclic) bond motifs is 1. The van der Waals surface area contributed by atoms with Crippen molar-refractivity contribution in [1.29, 1.82) is 0 Å². The third-order valence-corrected chi connectivity index (χ3v) is 5.41. The van der Waals surface area contributed by atoms with Crippen molar-refractivity contribution in [2.75, 3.05) is 19.4 Å². The van der Waals surface area contributed by atoms with Crippen LogP contribution in [0.5, 0.6) is 0 Å². The fourth-order valence-electron chi connectivity index (χ4n) is 3.21. The number of nitrogens with zero attached hydrogens (tertiary/aromatic N) is 1. The van der Waals surface area contributed by atoms with Crippen molar-refractivity contribution < 1.29 is 23.9 Å². The number of amides is 2. The largest absolute Gasteiger partial charge is 0.456 e. The number of imide groups is 1. The molecule has 1 fully saturated rings. The molecule has 0 saturated carbocycles. The van der Waals surface area contributed by atoms with Gasteiger partial charge in [0.05, 0.1) is 11.8 Å². The monoisotopic (exact) mass is 373 g/mol. The number of thioether (sulfide) groups is 1. The van der Waals surface area contributed by atoms with Gasteiger partial charge in [0.15, 0.2) is 12.4 Å². The molecular weight excluding hydrogens is 354 g/mol. The van der Waals surface area contributed by atoms with Crippen LogP contribution >= 0.6 is 11.8 Å². The van der Waals surface area contributed by atoms with Gasteiger partial charge in [-0.2, -0.15) is 0 Å². The smallest absolute Gasteiger partial charge is 0.326 e. The molecule has 136 valence electrons. The van der Waals surface area contributed by atoms with Gasteiger partial charge in [-0.05, 0) is 31.2 Å². The minimum atomic E-state index is -0.757. The Morgan fingerprint density at radius 3 is 2.19 bits per heavy atom. The van der Waals surface area contributed by atoms with E-state index in [1.807, 2.05) is 30.5 Å². The molecular formula is C19H19NO5S. The zero-order chi connectivity index (χ0) is 18.7. The zero-order valence-electron chi connectivity index (χ0n) is 14.3. The van der Waals surface area contributed by atoms with Crippen molar-refractivity contribution in [3.63, 3.8) is 0 Å². The lowest BCUT2D eigenvalue weighted by Crippen LogP contribution is -2.37. The minimum absolute atomic E-state index is 0.331. The Morgan fingerprint density at radius 1 is 1.08 bits per heavy atom. The number of carbonyl (C=O) groups excluding carboxylic acids is 4. The van der Waals surface area contributed by atoms with Crippen molar-refractivity contribution >= 4 is 35.3 Å². The molecule has 2 aliphatic rings. The molecule has 0 bridgehead atoms. The highest BCUT2D eigenvalue weighted by atomic mass is 32.2. The van der Waals surface area contributed by atoms with Crippen LogP contribution in [0.4, 0.5) is 0 Å². The van der Waals surface area contributed by atoms with E-state index in [1.54, 1.807) is 23.9 Å². The van der Waals surface area contributed by atoms with E-state index in [0.29, 0.717) is 18.4 Å². The molecule has 2 amide bonds. The van der Waals surface area contributed by atoms with Gasteiger partial charge in [-0.25, -0.2) is 0 Å². The summed E-state index contributed by atoms with van der Waals surface area (Å²) in [5, 5.41) is 0. The second-order valence-corrected chi connectivity index (χ2v) is 7.11. The maximum atomic E-state index is 12.3. The van der Waals surface area contributed by atoms with Crippen LogP contribution in [0.15, 0.2) is 41.3 Å². The van der Waals surface area contributed by atoms with Gasteiger partial charge >= 0.3 is 5.97 Å². The Morgan fingerprint density at radius 2 is 1.65 bits per heavy atom. The first-order valence-corrected chi connectivity index (χ1v) is 9.57. The zero-order valence-corrected chi connectivity index (χ0v) is 15.2. The molecule has 1 aromatic rings. The molecule has 1 aromatic carbocycles. The Bertz CT molecular complexity index is 745. The van der Waals surface area contributed by atoms with E-state index >= 15 is 0 Å². The van der Waals surface area contributed by atoms with Crippen LogP contribution in [-0.2, 0) is 19.1 Å². The lowest BCUT2D eigenvalue weighted by molar-refractivity contribution is -0.152. The number of ether oxygens (including phenoxy) is 1. The van der Waals surface area contributed by atoms with E-state index in [1.165, 1.54) is 0 Å². The van der Waals surface area contributed by atoms with Gasteiger partial charge < -0.3 is 4.74 Å². The number of rotatable bonds is 6. The predicted octanol–water partition coefficient (Wildman–Crippen LogP) is 2.09. The number of benzene rings is 1. The summed E-state index contributed by atoms with van der Waals surface area (Å²) >= 11 is 1.56. The molecule has 3 rings (SSSR count). The van der Waals surface area contributed by atoms with Gasteiger partial charge in [0.1, 0.15) is 6.54 Å². The lowest BCUT2D eigenvalue weighted by atomic mass is 9.85. The summed E-state index contributed by atoms with van der Waals surface area (Å²) in [4.78, 5) is 50.7. The molecule has 26 heavy (non-hydrogen) atoms. The van der Waals surface area contributed by atoms with Crippen molar-refractivity contribution in [3.05, 3.63) is 42.0 Å². The lowest BCUT2D eigenvalue weighted by Gasteiger charge is -2.14. The Kier molecular flexibility index (Phi) is 5.56. The first kappa shape index (κ1) is 18.4. The number of esters is 1. The molecule has 6 nitrogen and oxygen atoms in total. The summed E-state index contributed by atoms with van der Waals surface area (Å²) in [5.41, 5.74) is 0.445. The summed E-state index contributed by atoms with van der Waals surface area (Å²) in [6, 6.07) is 6.98. The van der Waals surface area contributed by atoms with Crippen molar-refractivity contribution in [2.45, 2.75) is 17.7 Å². The summed E-state index contributed by atoms with van der Waals surface area (Å²) < 4.78 is 4.97. The number of Topliss-reactive ketones (excluding diaryl/α,β-unsaturated/α-hetero) is 1. The molecule has 1 heterocycles. The second kappa shape index (κ2) is 7.86. The molecule has 7 heteroatoms. The summed E-state index contributed by atoms with van der Waals surface area (Å²) in [5.74, 6) is -2.51. The molecule has 0 N–H and O–H groups in total. The molecule has 0 aromatic heterocycles. The quantitative estimate of drug-likeness (QED) is 0.250. The predicted molar refractivity (Wildman–Crippen MR) is 95.6 cm³/mol. The number of allylic oxidation sites excluding steroid dienone is 2. The Balaban J connectivity index is 1.53. The van der Waals surface area contributed by atoms with Crippen molar-refractivity contribution in [1.82, 2.24) is 4.90 Å². The highest BCUT2D eigenvalue weighted by Gasteiger charge is 2.47. The molecule has 1 aliphatic carbocycles. The van der Waals surface area contributed by atoms with Crippen LogP contribution in [0.3, 0.4) is 0 Å². The van der Waals surface area contributed by atoms with E-state index in [0.717, 1.165) is 9.80 Å². The van der Waals surface area contributed by atoms with Gasteiger partial charge in [0.25, 0.3) is 0 Å². The van der Waals surface area contributed by atoms with Gasteiger partial charge in [0, 0.05) is 10.5 Å². The summed E-state index contributed by atoms with van der Waals surface area (Å²) in [7, 11) is 0. The highest BCUT2D eigenvalue weighted by Crippen LogP contribution is 2.34. The van der Waals surface area contributed by atoms with Crippen molar-refractivity contribution in [2.24, 2.45) is 11.8 Å². The van der Waals surface area contributed by atoms with E-state index in [9.17, 15) is 19.2 Å². The number of carbonyl (C=O) groups is 4. The van der Waals surface area contributed by atoms with E-state index in [2.05, 4.69) is 0 Å². The third-order valence-electron chi connectivity index (χ3n) is 4.66. The molecule has 0 spiro atoms. The fourth-order valence-corrected chi connectivity index (χ4v) is 3.61. The second-order valence-electron chi connectivity index (χ2n) is 6.23. The average molecular weight is 373 g/mol. The summed E-state index contributed by atoms with van der Waals surface area (Å²) in [6.45, 7) is -0.856. The van der Waals surface area contributed by atoms with Gasteiger partial charge in [-0.3, -0.25) is 24.1 Å². The maximum absolute atomic E-state index is 12.3. The standard InChI is InChI=1S/C19H19NO5S/c1-26-13-8-6-12(7-9-13)16(21)11-25-17(22)10-20-18(23)14-4-2-3-5-15(14)19(20)24/h2-3,6-9,14-15H,4-5,10-11H2,1H3. The number of likely N-dealkylation sites (tertiary alicyclic amines) is 1. The number of hydrogen-bond acceptors (Lipinski definition) is 6. The van der Waals surface area contributed by atoms with E-state index < -0.39 is 19.1 Å². The van der Waals surface area contributed by atoms with E-state index in [4.69, 9.17) is 4.74 Å². The highest BCUT2D eigenvalue weighted by molar-refractivity contribution is 7.98. The normalized spacial score (nSPS) is 21.7. The van der Waals surface area contributed by atoms with Crippen molar-refractivity contribution in [3.8, 4) is 0 Å². The van der Waals surface area contributed by atoms with E-state index in [-0.39, 0.29) is 29.4 Å². The van der Waals surface area contributed by atoms with Crippen LogP contribution in [0.2, 0.25) is 0 Å². The first-order chi connectivity index (χ1) is 12.5. The molecule has 0 radical (unpaired) electrons. The van der Waals surface area contributed by atoms with Gasteiger partial charge in [-0.1, -0.05) is 24.3 Å². The fraction of sp³-hybridized carbons (Fsp3) is 0.368. The van der Waals surface area contributed by atoms with Gasteiger partial charge in [0.2, 0.25) is 11.8 Å². The van der Waals surface area contributed by atoms with Crippen LogP contribution in [0.25, 0.3) is 0 Å². The molecule has 2 atom stereocenters. The Labute approximate surface area is 155 Å². The SMILES string of the molecule is CSc1ccc(C(=O)COC(=O)CN2C(=O)C3CC=CCC3C2=O)cc1. The Hall–Kier alpha value is -2.41. The van der Waals surface area contributed by atoms with Crippen LogP contribution in [0.1, 0.15) is 23.2 Å². The topological polar surface area (TPSA) is 80.8 Å². The number of hydrogen-bond donors (Lipinski definition) is 0. The van der Waals surface area contributed by atoms with Crippen LogP contribution in [-0.4, -0.2) is 47.9 Å². The molecule has 1 aliphatic heterocycles. The average Bonchev–Trinajstić information content (AvgIpc) is 2.91. The molecule has 2 unspecified atom stereocenters. The van der Waals surface area contributed by atoms with Gasteiger partial charge in [-0.15, -0.1) is 11.8 Å².